The van der Waals surface area contributed by atoms with Crippen molar-refractivity contribution < 1.29 is 7.65 Å². The van der Waals surface area contributed by atoms with Crippen LogP contribution < -0.4 is 5.32 Å². The minimum absolute atomic E-state index is 0. The van der Waals surface area contributed by atoms with Gasteiger partial charge in [0.25, 0.3) is 0 Å². The van der Waals surface area contributed by atoms with Gasteiger partial charge in [0.15, 0.2) is 0 Å². The molecule has 5 aromatic rings. The molecular formula is C28H33N7O. The highest BCUT2D eigenvalue weighted by atomic mass is 16.1. The summed E-state index contributed by atoms with van der Waals surface area (Å²) in [5.41, 5.74) is 10.8. The monoisotopic (exact) mass is 483 g/mol. The van der Waals surface area contributed by atoms with E-state index in [1.807, 2.05) is 62.6 Å². The number of amides is 1. The Kier molecular flexibility index (Phi) is 5.80. The Morgan fingerprint density at radius 3 is 2.64 bits per heavy atom. The summed E-state index contributed by atoms with van der Waals surface area (Å²) < 4.78 is 3.71. The molecule has 0 saturated carbocycles. The second-order valence-electron chi connectivity index (χ2n) is 9.00. The number of aromatic nitrogens is 6. The summed E-state index contributed by atoms with van der Waals surface area (Å²) in [6.45, 7) is 9.82. The zero-order valence-corrected chi connectivity index (χ0v) is 21.2. The van der Waals surface area contributed by atoms with Crippen molar-refractivity contribution in [2.75, 3.05) is 5.32 Å². The van der Waals surface area contributed by atoms with Gasteiger partial charge in [-0.2, -0.15) is 10.2 Å². The van der Waals surface area contributed by atoms with Crippen molar-refractivity contribution in [3.8, 4) is 33.5 Å². The van der Waals surface area contributed by atoms with Crippen molar-refractivity contribution in [1.29, 1.82) is 0 Å². The summed E-state index contributed by atoms with van der Waals surface area (Å²) in [4.78, 5) is 20.5. The number of carbonyl (C=O) groups excluding carboxylic acids is 1. The van der Waals surface area contributed by atoms with Crippen LogP contribution in [0.15, 0.2) is 55.6 Å². The number of H-pyrrole nitrogens is 1. The third-order valence-corrected chi connectivity index (χ3v) is 6.73. The fraction of sp³-hybridized carbons (Fsp3) is 0.214. The van der Waals surface area contributed by atoms with Crippen LogP contribution in [0.3, 0.4) is 0 Å². The maximum absolute atomic E-state index is 12.1. The highest BCUT2D eigenvalue weighted by Crippen LogP contribution is 2.42. The Bertz CT molecular complexity index is 1640. The first-order valence-electron chi connectivity index (χ1n) is 11.9. The van der Waals surface area contributed by atoms with Crippen LogP contribution in [-0.4, -0.2) is 35.4 Å². The van der Waals surface area contributed by atoms with E-state index in [-0.39, 0.29) is 8.76 Å². The van der Waals surface area contributed by atoms with Crippen LogP contribution >= 0.6 is 0 Å². The van der Waals surface area contributed by atoms with Gasteiger partial charge in [0.2, 0.25) is 5.91 Å². The van der Waals surface area contributed by atoms with E-state index >= 15 is 0 Å². The van der Waals surface area contributed by atoms with E-state index in [1.54, 1.807) is 4.68 Å². The number of fused-ring (bicyclic) bond motifs is 1. The molecule has 0 aliphatic heterocycles. The summed E-state index contributed by atoms with van der Waals surface area (Å²) >= 11 is 0. The molecule has 5 rings (SSSR count). The Hall–Kier alpha value is -4.46. The smallest absolute Gasteiger partial charge is 0.247 e. The molecule has 0 radical (unpaired) electrons. The summed E-state index contributed by atoms with van der Waals surface area (Å²) in [7, 11) is 3.87. The number of anilines is 1. The second kappa shape index (κ2) is 8.96. The molecule has 4 heterocycles. The third-order valence-electron chi connectivity index (χ3n) is 6.73. The fourth-order valence-corrected chi connectivity index (χ4v) is 4.84. The van der Waals surface area contributed by atoms with Crippen molar-refractivity contribution in [2.45, 2.75) is 27.2 Å². The number of rotatable bonds is 6. The molecule has 0 saturated heterocycles. The van der Waals surface area contributed by atoms with Crippen LogP contribution in [0.25, 0.3) is 44.5 Å². The molecule has 0 aliphatic carbocycles. The van der Waals surface area contributed by atoms with Crippen LogP contribution in [0.4, 0.5) is 5.69 Å². The molecule has 4 aromatic heterocycles. The Labute approximate surface area is 212 Å². The lowest BCUT2D eigenvalue weighted by Gasteiger charge is -2.13. The number of pyridine rings is 1. The van der Waals surface area contributed by atoms with Gasteiger partial charge in [-0.1, -0.05) is 25.6 Å². The number of nitrogens with zero attached hydrogens (tertiary/aromatic N) is 5. The standard InChI is InChI=1S/C28H29N7O.2H2/c1-7-23-21(14-31-35(23)6)20-13-29-28-25(17(20)4)26(27(33-28)19-12-30-34(5)15-19)18-10-9-16(3)22(11-18)32-24(36)8-2;;/h8-15H,2,7H2,1,3-6H3,(H,29,33)(H,32,36);2*1H. The van der Waals surface area contributed by atoms with Crippen LogP contribution in [-0.2, 0) is 25.3 Å². The molecule has 8 nitrogen and oxygen atoms in total. The molecular weight excluding hydrogens is 450 g/mol. The van der Waals surface area contributed by atoms with Gasteiger partial charge in [0, 0.05) is 68.4 Å². The van der Waals surface area contributed by atoms with Crippen molar-refractivity contribution in [1.82, 2.24) is 29.5 Å². The molecule has 2 N–H and O–H groups in total. The number of aromatic amines is 1. The number of nitrogens with one attached hydrogen (secondary N) is 2. The van der Waals surface area contributed by atoms with E-state index < -0.39 is 0 Å². The van der Waals surface area contributed by atoms with Crippen LogP contribution in [0, 0.1) is 13.8 Å². The highest BCUT2D eigenvalue weighted by Gasteiger charge is 2.22. The summed E-state index contributed by atoms with van der Waals surface area (Å²) in [6, 6.07) is 6.10. The number of carbonyl (C=O) groups is 1. The van der Waals surface area contributed by atoms with Crippen molar-refractivity contribution in [2.24, 2.45) is 14.1 Å². The van der Waals surface area contributed by atoms with Gasteiger partial charge in [0.1, 0.15) is 5.65 Å². The summed E-state index contributed by atoms with van der Waals surface area (Å²) in [5, 5.41) is 12.9. The number of aryl methyl sites for hydroxylation is 4. The van der Waals surface area contributed by atoms with Gasteiger partial charge in [-0.3, -0.25) is 14.2 Å². The predicted octanol–water partition coefficient (Wildman–Crippen LogP) is 5.83. The molecule has 8 heteroatoms. The van der Waals surface area contributed by atoms with Gasteiger partial charge in [-0.25, -0.2) is 4.98 Å². The normalized spacial score (nSPS) is 11.2. The predicted molar refractivity (Wildman–Crippen MR) is 148 cm³/mol. The minimum Gasteiger partial charge on any atom is -0.339 e. The molecule has 186 valence electrons. The van der Waals surface area contributed by atoms with Crippen LogP contribution in [0.1, 0.15) is 26.6 Å². The van der Waals surface area contributed by atoms with Gasteiger partial charge in [-0.15, -0.1) is 0 Å². The first-order valence-corrected chi connectivity index (χ1v) is 11.9. The zero-order chi connectivity index (χ0) is 25.6. The lowest BCUT2D eigenvalue weighted by atomic mass is 9.93. The van der Waals surface area contributed by atoms with E-state index in [1.165, 1.54) is 6.08 Å². The zero-order valence-electron chi connectivity index (χ0n) is 21.2. The van der Waals surface area contributed by atoms with Crippen molar-refractivity contribution in [3.63, 3.8) is 0 Å². The molecule has 1 aromatic carbocycles. The summed E-state index contributed by atoms with van der Waals surface area (Å²) in [6.07, 6.45) is 9.81. The average Bonchev–Trinajstić information content (AvgIpc) is 3.57. The lowest BCUT2D eigenvalue weighted by Crippen LogP contribution is -2.08. The number of hydrogen-bond acceptors (Lipinski definition) is 4. The summed E-state index contributed by atoms with van der Waals surface area (Å²) in [5.74, 6) is -0.245. The first-order chi connectivity index (χ1) is 17.3. The molecule has 0 unspecified atom stereocenters. The highest BCUT2D eigenvalue weighted by molar-refractivity contribution is 6.07. The van der Waals surface area contributed by atoms with Crippen LogP contribution in [0.5, 0.6) is 0 Å². The van der Waals surface area contributed by atoms with E-state index in [9.17, 15) is 4.79 Å². The minimum atomic E-state index is -0.245. The SMILES string of the molecule is C=CC(=O)Nc1cc(-c2c(-c3cnn(C)c3)[nH]c3ncc(-c4cnn(C)c4CC)c(C)c23)ccc1C.[HH].[HH]. The van der Waals surface area contributed by atoms with Gasteiger partial charge < -0.3 is 10.3 Å². The van der Waals surface area contributed by atoms with Crippen LogP contribution in [0.2, 0.25) is 0 Å². The van der Waals surface area contributed by atoms with Gasteiger partial charge in [0.05, 0.1) is 18.1 Å². The second-order valence-corrected chi connectivity index (χ2v) is 9.00. The number of benzene rings is 1. The molecule has 36 heavy (non-hydrogen) atoms. The average molecular weight is 484 g/mol. The van der Waals surface area contributed by atoms with Gasteiger partial charge in [-0.05, 0) is 49.1 Å². The quantitative estimate of drug-likeness (QED) is 0.297. The molecule has 0 bridgehead atoms. The first kappa shape index (κ1) is 23.3. The van der Waals surface area contributed by atoms with Gasteiger partial charge >= 0.3 is 0 Å². The Morgan fingerprint density at radius 1 is 1.14 bits per heavy atom. The molecule has 0 spiro atoms. The Morgan fingerprint density at radius 2 is 1.94 bits per heavy atom. The largest absolute Gasteiger partial charge is 0.339 e. The van der Waals surface area contributed by atoms with Crippen molar-refractivity contribution in [3.05, 3.63) is 72.5 Å². The van der Waals surface area contributed by atoms with E-state index in [4.69, 9.17) is 4.98 Å². The Balaban J connectivity index is 0.00000200. The maximum atomic E-state index is 12.1. The maximum Gasteiger partial charge on any atom is 0.247 e. The van der Waals surface area contributed by atoms with E-state index in [0.29, 0.717) is 0 Å². The third kappa shape index (κ3) is 3.80. The molecule has 0 aliphatic rings. The molecule has 0 atom stereocenters. The molecule has 1 amide bonds. The number of hydrogen-bond donors (Lipinski definition) is 2. The topological polar surface area (TPSA) is 93.4 Å². The van der Waals surface area contributed by atoms with Crippen molar-refractivity contribution >= 4 is 22.6 Å². The molecule has 0 fully saturated rings. The fourth-order valence-electron chi connectivity index (χ4n) is 4.84. The van der Waals surface area contributed by atoms with E-state index in [0.717, 1.165) is 73.5 Å². The van der Waals surface area contributed by atoms with E-state index in [2.05, 4.69) is 47.0 Å². The lowest BCUT2D eigenvalue weighted by molar-refractivity contribution is -0.111.